The Morgan fingerprint density at radius 1 is 1.25 bits per heavy atom. The summed E-state index contributed by atoms with van der Waals surface area (Å²) >= 11 is 0. The summed E-state index contributed by atoms with van der Waals surface area (Å²) in [7, 11) is 3.72. The number of hydrogen-bond acceptors (Lipinski definition) is 3. The van der Waals surface area contributed by atoms with Crippen molar-refractivity contribution in [2.45, 2.75) is 39.3 Å². The van der Waals surface area contributed by atoms with Gasteiger partial charge in [0.25, 0.3) is 0 Å². The Morgan fingerprint density at radius 2 is 1.96 bits per heavy atom. The van der Waals surface area contributed by atoms with Gasteiger partial charge in [0.15, 0.2) is 0 Å². The summed E-state index contributed by atoms with van der Waals surface area (Å²) in [5, 5.41) is 4.55. The molecule has 3 rings (SSSR count). The number of rotatable bonds is 7. The summed E-state index contributed by atoms with van der Waals surface area (Å²) in [6.45, 7) is 6.24. The lowest BCUT2D eigenvalue weighted by atomic mass is 10.1. The zero-order valence-electron chi connectivity index (χ0n) is 15.1. The smallest absolute Gasteiger partial charge is 0.118 e. The van der Waals surface area contributed by atoms with Crippen LogP contribution in [0.5, 0.6) is 5.75 Å². The fourth-order valence-electron chi connectivity index (χ4n) is 3.07. The van der Waals surface area contributed by atoms with Gasteiger partial charge in [0.1, 0.15) is 5.75 Å². The Balaban J connectivity index is 1.65. The summed E-state index contributed by atoms with van der Waals surface area (Å²) in [5.74, 6) is 0.897. The molecule has 0 N–H and O–H groups in total. The van der Waals surface area contributed by atoms with Gasteiger partial charge >= 0.3 is 0 Å². The molecule has 2 aromatic rings. The second-order valence-corrected chi connectivity index (χ2v) is 6.61. The van der Waals surface area contributed by atoms with Crippen LogP contribution in [0, 0.1) is 13.8 Å². The van der Waals surface area contributed by atoms with E-state index in [9.17, 15) is 0 Å². The molecule has 0 amide bonds. The van der Waals surface area contributed by atoms with Gasteiger partial charge in [-0.2, -0.15) is 5.10 Å². The first-order valence-electron chi connectivity index (χ1n) is 8.62. The van der Waals surface area contributed by atoms with Crippen LogP contribution in [0.2, 0.25) is 0 Å². The monoisotopic (exact) mass is 325 g/mol. The van der Waals surface area contributed by atoms with E-state index < -0.39 is 0 Å². The minimum Gasteiger partial charge on any atom is -0.497 e. The second-order valence-electron chi connectivity index (χ2n) is 6.61. The normalized spacial score (nSPS) is 14.7. The fraction of sp³-hybridized carbons (Fsp3) is 0.450. The first-order valence-corrected chi connectivity index (χ1v) is 8.62. The van der Waals surface area contributed by atoms with Gasteiger partial charge in [0.05, 0.1) is 12.8 Å². The van der Waals surface area contributed by atoms with Crippen LogP contribution in [-0.2, 0) is 13.6 Å². The molecule has 1 aliphatic rings. The maximum absolute atomic E-state index is 5.20. The predicted octanol–water partition coefficient (Wildman–Crippen LogP) is 3.72. The number of hydrogen-bond donors (Lipinski definition) is 0. The molecule has 4 heteroatoms. The molecule has 0 radical (unpaired) electrons. The Labute approximate surface area is 144 Å². The number of benzene rings is 1. The molecule has 1 saturated carbocycles. The number of aryl methyl sites for hydroxylation is 2. The van der Waals surface area contributed by atoms with Crippen molar-refractivity contribution in [3.8, 4) is 5.75 Å². The zero-order valence-corrected chi connectivity index (χ0v) is 15.1. The van der Waals surface area contributed by atoms with E-state index in [1.807, 2.05) is 23.9 Å². The molecule has 0 spiro atoms. The van der Waals surface area contributed by atoms with Crippen LogP contribution in [0.1, 0.15) is 35.4 Å². The van der Waals surface area contributed by atoms with Crippen molar-refractivity contribution in [3.05, 3.63) is 52.9 Å². The van der Waals surface area contributed by atoms with E-state index in [2.05, 4.69) is 48.1 Å². The van der Waals surface area contributed by atoms with Crippen LogP contribution in [0.3, 0.4) is 0 Å². The number of aromatic nitrogens is 2. The number of nitrogens with zero attached hydrogens (tertiary/aromatic N) is 3. The molecule has 0 aliphatic heterocycles. The third kappa shape index (κ3) is 3.88. The largest absolute Gasteiger partial charge is 0.497 e. The molecule has 0 saturated heterocycles. The summed E-state index contributed by atoms with van der Waals surface area (Å²) in [5.41, 5.74) is 5.01. The fourth-order valence-corrected chi connectivity index (χ4v) is 3.07. The molecule has 1 aromatic heterocycles. The van der Waals surface area contributed by atoms with Gasteiger partial charge < -0.3 is 4.74 Å². The number of ether oxygens (including phenoxy) is 1. The highest BCUT2D eigenvalue weighted by Crippen LogP contribution is 2.29. The predicted molar refractivity (Wildman–Crippen MR) is 98.1 cm³/mol. The quantitative estimate of drug-likeness (QED) is 0.777. The molecule has 1 fully saturated rings. The maximum Gasteiger partial charge on any atom is 0.118 e. The zero-order chi connectivity index (χ0) is 17.1. The molecular formula is C20H27N3O. The van der Waals surface area contributed by atoms with Gasteiger partial charge in [-0.15, -0.1) is 0 Å². The average molecular weight is 325 g/mol. The third-order valence-corrected chi connectivity index (χ3v) is 4.85. The summed E-state index contributed by atoms with van der Waals surface area (Å²) < 4.78 is 7.19. The lowest BCUT2D eigenvalue weighted by Crippen LogP contribution is -2.26. The van der Waals surface area contributed by atoms with Gasteiger partial charge in [-0.3, -0.25) is 9.58 Å². The summed E-state index contributed by atoms with van der Waals surface area (Å²) in [6, 6.07) is 8.91. The van der Waals surface area contributed by atoms with E-state index >= 15 is 0 Å². The Hall–Kier alpha value is -2.07. The van der Waals surface area contributed by atoms with E-state index in [-0.39, 0.29) is 0 Å². The van der Waals surface area contributed by atoms with Crippen LogP contribution in [0.25, 0.3) is 6.08 Å². The lowest BCUT2D eigenvalue weighted by molar-refractivity contribution is 0.283. The highest BCUT2D eigenvalue weighted by Gasteiger charge is 2.29. The first-order chi connectivity index (χ1) is 11.6. The van der Waals surface area contributed by atoms with Crippen LogP contribution in [0.4, 0.5) is 0 Å². The molecular weight excluding hydrogens is 298 g/mol. The third-order valence-electron chi connectivity index (χ3n) is 4.85. The van der Waals surface area contributed by atoms with E-state index in [1.54, 1.807) is 7.11 Å². The minimum atomic E-state index is 0.726. The summed E-state index contributed by atoms with van der Waals surface area (Å²) in [6.07, 6.45) is 7.09. The van der Waals surface area contributed by atoms with E-state index in [0.29, 0.717) is 0 Å². The van der Waals surface area contributed by atoms with Crippen molar-refractivity contribution < 1.29 is 4.74 Å². The summed E-state index contributed by atoms with van der Waals surface area (Å²) in [4.78, 5) is 2.57. The molecule has 1 aliphatic carbocycles. The van der Waals surface area contributed by atoms with E-state index in [0.717, 1.165) is 30.6 Å². The van der Waals surface area contributed by atoms with E-state index in [4.69, 9.17) is 4.74 Å². The van der Waals surface area contributed by atoms with Gasteiger partial charge in [-0.25, -0.2) is 0 Å². The Bertz CT molecular complexity index is 711. The van der Waals surface area contributed by atoms with Crippen LogP contribution < -0.4 is 4.74 Å². The van der Waals surface area contributed by atoms with Gasteiger partial charge in [0, 0.05) is 37.4 Å². The lowest BCUT2D eigenvalue weighted by Gasteiger charge is -2.20. The van der Waals surface area contributed by atoms with Gasteiger partial charge in [0.2, 0.25) is 0 Å². The van der Waals surface area contributed by atoms with Crippen molar-refractivity contribution in [2.24, 2.45) is 7.05 Å². The average Bonchev–Trinajstić information content (AvgIpc) is 3.39. The minimum absolute atomic E-state index is 0.726. The van der Waals surface area contributed by atoms with Crippen LogP contribution in [0.15, 0.2) is 30.3 Å². The van der Waals surface area contributed by atoms with Crippen molar-refractivity contribution >= 4 is 6.08 Å². The van der Waals surface area contributed by atoms with E-state index in [1.165, 1.54) is 29.7 Å². The Morgan fingerprint density at radius 3 is 2.50 bits per heavy atom. The molecule has 0 atom stereocenters. The van der Waals surface area contributed by atoms with Crippen molar-refractivity contribution in [1.29, 1.82) is 0 Å². The topological polar surface area (TPSA) is 30.3 Å². The second kappa shape index (κ2) is 7.22. The number of methoxy groups -OCH3 is 1. The molecule has 24 heavy (non-hydrogen) atoms. The molecule has 1 heterocycles. The standard InChI is InChI=1S/C20H27N3O/c1-15-20(16(2)22(3)21-15)14-23(18-9-10-18)13-5-6-17-7-11-19(24-4)12-8-17/h5-8,11-12,18H,9-10,13-14H2,1-4H3. The molecule has 0 unspecified atom stereocenters. The highest BCUT2D eigenvalue weighted by atomic mass is 16.5. The van der Waals surface area contributed by atoms with Gasteiger partial charge in [-0.05, 0) is 44.4 Å². The van der Waals surface area contributed by atoms with Crippen molar-refractivity contribution in [1.82, 2.24) is 14.7 Å². The van der Waals surface area contributed by atoms with Crippen LogP contribution in [-0.4, -0.2) is 34.4 Å². The maximum atomic E-state index is 5.20. The van der Waals surface area contributed by atoms with Gasteiger partial charge in [-0.1, -0.05) is 24.3 Å². The van der Waals surface area contributed by atoms with Crippen molar-refractivity contribution in [2.75, 3.05) is 13.7 Å². The molecule has 4 nitrogen and oxygen atoms in total. The SMILES string of the molecule is COc1ccc(C=CCN(Cc2c(C)nn(C)c2C)C2CC2)cc1. The molecule has 128 valence electrons. The Kier molecular flexibility index (Phi) is 5.05. The molecule has 1 aromatic carbocycles. The van der Waals surface area contributed by atoms with Crippen molar-refractivity contribution in [3.63, 3.8) is 0 Å². The highest BCUT2D eigenvalue weighted by molar-refractivity contribution is 5.50. The van der Waals surface area contributed by atoms with Crippen LogP contribution >= 0.6 is 0 Å². The first kappa shape index (κ1) is 16.8. The molecule has 0 bridgehead atoms.